The van der Waals surface area contributed by atoms with E-state index in [4.69, 9.17) is 23.2 Å². The third-order valence-corrected chi connectivity index (χ3v) is 4.89. The molecule has 2 aromatic heterocycles. The lowest BCUT2D eigenvalue weighted by atomic mass is 10.1. The Hall–Kier alpha value is -1.62. The number of ketones is 1. The molecule has 106 valence electrons. The smallest absolute Gasteiger partial charge is 0.199 e. The molecule has 0 spiro atoms. The van der Waals surface area contributed by atoms with Gasteiger partial charge in [0.25, 0.3) is 0 Å². The Morgan fingerprint density at radius 3 is 2.81 bits per heavy atom. The normalized spacial score (nSPS) is 11.0. The molecule has 0 aliphatic carbocycles. The second kappa shape index (κ2) is 5.64. The molecule has 1 aromatic carbocycles. The summed E-state index contributed by atoms with van der Waals surface area (Å²) < 4.78 is 2.38. The number of aromatic nitrogens is 1. The minimum absolute atomic E-state index is 0.0375. The van der Waals surface area contributed by atoms with E-state index < -0.39 is 0 Å². The highest BCUT2D eigenvalue weighted by Crippen LogP contribution is 2.26. The predicted octanol–water partition coefficient (Wildman–Crippen LogP) is 4.25. The van der Waals surface area contributed by atoms with Crippen molar-refractivity contribution in [2.24, 2.45) is 0 Å². The minimum atomic E-state index is -0.154. The van der Waals surface area contributed by atoms with Crippen molar-refractivity contribution >= 4 is 50.5 Å². The van der Waals surface area contributed by atoms with E-state index >= 15 is 0 Å². The molecule has 3 aromatic rings. The second-order valence-corrected chi connectivity index (χ2v) is 6.17. The van der Waals surface area contributed by atoms with Gasteiger partial charge >= 0.3 is 0 Å². The maximum absolute atomic E-state index is 12.4. The molecule has 0 bridgehead atoms. The zero-order valence-corrected chi connectivity index (χ0v) is 13.0. The summed E-state index contributed by atoms with van der Waals surface area (Å²) in [4.78, 5) is 24.1. The molecular formula is C15H9Cl2NO2S. The van der Waals surface area contributed by atoms with Crippen LogP contribution in [0.15, 0.2) is 46.7 Å². The van der Waals surface area contributed by atoms with Crippen molar-refractivity contribution in [3.8, 4) is 0 Å². The summed E-state index contributed by atoms with van der Waals surface area (Å²) in [5.74, 6) is -0.154. The highest BCUT2D eigenvalue weighted by Gasteiger charge is 2.14. The first kappa shape index (κ1) is 14.3. The summed E-state index contributed by atoms with van der Waals surface area (Å²) in [6, 6.07) is 8.26. The van der Waals surface area contributed by atoms with Crippen LogP contribution in [0.5, 0.6) is 0 Å². The van der Waals surface area contributed by atoms with Gasteiger partial charge in [-0.05, 0) is 23.6 Å². The first-order chi connectivity index (χ1) is 10.1. The number of pyridine rings is 1. The molecule has 3 nitrogen and oxygen atoms in total. The Morgan fingerprint density at radius 1 is 1.19 bits per heavy atom. The molecule has 2 heterocycles. The lowest BCUT2D eigenvalue weighted by Gasteiger charge is -2.09. The van der Waals surface area contributed by atoms with Crippen molar-refractivity contribution in [2.45, 2.75) is 6.54 Å². The number of hydrogen-bond donors (Lipinski definition) is 0. The van der Waals surface area contributed by atoms with Crippen molar-refractivity contribution in [2.75, 3.05) is 0 Å². The molecule has 0 aliphatic heterocycles. The van der Waals surface area contributed by atoms with Crippen LogP contribution in [0.2, 0.25) is 10.0 Å². The van der Waals surface area contributed by atoms with Gasteiger partial charge in [-0.25, -0.2) is 0 Å². The molecule has 0 N–H and O–H groups in total. The second-order valence-electron chi connectivity index (χ2n) is 4.47. The van der Waals surface area contributed by atoms with E-state index in [2.05, 4.69) is 0 Å². The highest BCUT2D eigenvalue weighted by atomic mass is 35.5. The summed E-state index contributed by atoms with van der Waals surface area (Å²) in [6.07, 6.45) is 1.62. The van der Waals surface area contributed by atoms with Crippen molar-refractivity contribution in [1.82, 2.24) is 4.57 Å². The van der Waals surface area contributed by atoms with Gasteiger partial charge in [0, 0.05) is 17.8 Å². The number of benzene rings is 1. The molecule has 0 atom stereocenters. The molecule has 0 amide bonds. The van der Waals surface area contributed by atoms with Gasteiger partial charge in [-0.3, -0.25) is 9.59 Å². The maximum atomic E-state index is 12.4. The van der Waals surface area contributed by atoms with Crippen LogP contribution in [0.4, 0.5) is 0 Å². The number of carbonyl (C=O) groups excluding carboxylic acids is 1. The van der Waals surface area contributed by atoms with E-state index in [0.717, 1.165) is 5.52 Å². The summed E-state index contributed by atoms with van der Waals surface area (Å²) >= 11 is 13.4. The number of nitrogens with zero attached hydrogens (tertiary/aromatic N) is 1. The number of fused-ring (bicyclic) bond motifs is 1. The summed E-state index contributed by atoms with van der Waals surface area (Å²) in [7, 11) is 0. The van der Waals surface area contributed by atoms with Gasteiger partial charge in [-0.15, -0.1) is 11.3 Å². The number of rotatable bonds is 3. The summed E-state index contributed by atoms with van der Waals surface area (Å²) in [6.45, 7) is 0.105. The van der Waals surface area contributed by atoms with E-state index in [-0.39, 0.29) is 22.8 Å². The number of halogens is 2. The predicted molar refractivity (Wildman–Crippen MR) is 86.9 cm³/mol. The molecule has 0 fully saturated rings. The molecule has 0 saturated carbocycles. The van der Waals surface area contributed by atoms with Gasteiger partial charge in [0.1, 0.15) is 0 Å². The lowest BCUT2D eigenvalue weighted by Crippen LogP contribution is -2.13. The lowest BCUT2D eigenvalue weighted by molar-refractivity contribution is 0.0973. The average molecular weight is 338 g/mol. The highest BCUT2D eigenvalue weighted by molar-refractivity contribution is 7.17. The Balaban J connectivity index is 2.01. The van der Waals surface area contributed by atoms with E-state index in [1.807, 2.05) is 11.4 Å². The molecule has 3 rings (SSSR count). The van der Waals surface area contributed by atoms with Crippen LogP contribution in [0, 0.1) is 0 Å². The average Bonchev–Trinajstić information content (AvgIpc) is 2.95. The van der Waals surface area contributed by atoms with Gasteiger partial charge in [0.05, 0.1) is 26.8 Å². The van der Waals surface area contributed by atoms with Crippen molar-refractivity contribution in [3.63, 3.8) is 0 Å². The van der Waals surface area contributed by atoms with Gasteiger partial charge in [-0.1, -0.05) is 29.3 Å². The Kier molecular flexibility index (Phi) is 3.85. The Labute approximate surface area is 134 Å². The quantitative estimate of drug-likeness (QED) is 0.670. The first-order valence-corrected chi connectivity index (χ1v) is 7.75. The van der Waals surface area contributed by atoms with Crippen LogP contribution in [0.25, 0.3) is 10.2 Å². The zero-order chi connectivity index (χ0) is 15.0. The van der Waals surface area contributed by atoms with Crippen LogP contribution in [-0.4, -0.2) is 10.4 Å². The van der Waals surface area contributed by atoms with Crippen LogP contribution >= 0.6 is 34.5 Å². The third kappa shape index (κ3) is 2.62. The standard InChI is InChI=1S/C15H9Cl2NO2S/c16-10-3-1-2-9(14(10)17)13(20)8-18-6-4-12(19)15-11(18)5-7-21-15/h1-7H,8H2. The van der Waals surface area contributed by atoms with Gasteiger partial charge < -0.3 is 4.57 Å². The van der Waals surface area contributed by atoms with E-state index in [1.54, 1.807) is 29.0 Å². The van der Waals surface area contributed by atoms with Crippen LogP contribution in [0.1, 0.15) is 10.4 Å². The van der Waals surface area contributed by atoms with Crippen molar-refractivity contribution in [1.29, 1.82) is 0 Å². The maximum Gasteiger partial charge on any atom is 0.199 e. The fourth-order valence-electron chi connectivity index (χ4n) is 2.12. The zero-order valence-electron chi connectivity index (χ0n) is 10.7. The van der Waals surface area contributed by atoms with Gasteiger partial charge in [-0.2, -0.15) is 0 Å². The monoisotopic (exact) mass is 337 g/mol. The van der Waals surface area contributed by atoms with Crippen LogP contribution in [-0.2, 0) is 6.54 Å². The molecule has 0 unspecified atom stereocenters. The minimum Gasteiger partial charge on any atom is -0.339 e. The van der Waals surface area contributed by atoms with Gasteiger partial charge in [0.15, 0.2) is 11.2 Å². The number of hydrogen-bond acceptors (Lipinski definition) is 3. The summed E-state index contributed by atoms with van der Waals surface area (Å²) in [5, 5.41) is 2.44. The molecule has 0 saturated heterocycles. The Bertz CT molecular complexity index is 898. The van der Waals surface area contributed by atoms with E-state index in [9.17, 15) is 9.59 Å². The topological polar surface area (TPSA) is 39.1 Å². The van der Waals surface area contributed by atoms with Crippen LogP contribution in [0.3, 0.4) is 0 Å². The van der Waals surface area contributed by atoms with Crippen molar-refractivity contribution in [3.05, 3.63) is 67.7 Å². The number of Topliss-reactive ketones (excluding diaryl/α,β-unsaturated/α-hetero) is 1. The molecule has 0 radical (unpaired) electrons. The number of carbonyl (C=O) groups is 1. The van der Waals surface area contributed by atoms with E-state index in [1.165, 1.54) is 17.4 Å². The molecular weight excluding hydrogens is 329 g/mol. The fourth-order valence-corrected chi connectivity index (χ4v) is 3.35. The van der Waals surface area contributed by atoms with Crippen LogP contribution < -0.4 is 5.43 Å². The molecule has 0 aliphatic rings. The van der Waals surface area contributed by atoms with E-state index in [0.29, 0.717) is 15.3 Å². The number of thiophene rings is 1. The SMILES string of the molecule is O=C(Cn1ccc(=O)c2sccc21)c1cccc(Cl)c1Cl. The van der Waals surface area contributed by atoms with Crippen molar-refractivity contribution < 1.29 is 4.79 Å². The fraction of sp³-hybridized carbons (Fsp3) is 0.0667. The molecule has 6 heteroatoms. The largest absolute Gasteiger partial charge is 0.339 e. The summed E-state index contributed by atoms with van der Waals surface area (Å²) in [5.41, 5.74) is 1.09. The van der Waals surface area contributed by atoms with Gasteiger partial charge in [0.2, 0.25) is 0 Å². The molecule has 21 heavy (non-hydrogen) atoms. The Morgan fingerprint density at radius 2 is 2.00 bits per heavy atom. The first-order valence-electron chi connectivity index (χ1n) is 6.12. The third-order valence-electron chi connectivity index (χ3n) is 3.15.